The number of nitrogens with zero attached hydrogens (tertiary/aromatic N) is 2. The van der Waals surface area contributed by atoms with E-state index in [1.807, 2.05) is 10.9 Å². The first-order valence-corrected chi connectivity index (χ1v) is 7.35. The van der Waals surface area contributed by atoms with E-state index in [-0.39, 0.29) is 6.04 Å². The van der Waals surface area contributed by atoms with Crippen molar-refractivity contribution in [2.75, 3.05) is 0 Å². The topological polar surface area (TPSA) is 43.8 Å². The van der Waals surface area contributed by atoms with Crippen molar-refractivity contribution in [2.24, 2.45) is 17.1 Å². The molecule has 0 bridgehead atoms. The Bertz CT molecular complexity index is 375. The maximum absolute atomic E-state index is 6.60. The molecule has 1 saturated carbocycles. The molecule has 3 nitrogen and oxygen atoms in total. The third-order valence-corrected chi connectivity index (χ3v) is 4.41. The summed E-state index contributed by atoms with van der Waals surface area (Å²) in [5, 5.41) is 4.37. The highest BCUT2D eigenvalue weighted by Gasteiger charge is 2.40. The first kappa shape index (κ1) is 13.6. The van der Waals surface area contributed by atoms with Gasteiger partial charge in [0.15, 0.2) is 0 Å². The van der Waals surface area contributed by atoms with Crippen LogP contribution in [0.2, 0.25) is 0 Å². The molecule has 1 aliphatic rings. The molecule has 0 aliphatic heterocycles. The van der Waals surface area contributed by atoms with Gasteiger partial charge in [0.25, 0.3) is 0 Å². The third-order valence-electron chi connectivity index (χ3n) is 4.41. The van der Waals surface area contributed by atoms with Crippen LogP contribution in [0, 0.1) is 11.3 Å². The van der Waals surface area contributed by atoms with Crippen LogP contribution in [0.3, 0.4) is 0 Å². The summed E-state index contributed by atoms with van der Waals surface area (Å²) in [5.74, 6) is 0.718. The van der Waals surface area contributed by atoms with Crippen LogP contribution in [0.4, 0.5) is 0 Å². The number of rotatable bonds is 5. The molecule has 1 fully saturated rings. The summed E-state index contributed by atoms with van der Waals surface area (Å²) in [5.41, 5.74) is 8.14. The van der Waals surface area contributed by atoms with E-state index in [2.05, 4.69) is 32.1 Å². The number of hydrogen-bond acceptors (Lipinski definition) is 2. The van der Waals surface area contributed by atoms with Gasteiger partial charge in [-0.2, -0.15) is 5.10 Å². The Labute approximate surface area is 111 Å². The molecule has 1 aromatic heterocycles. The molecule has 1 aliphatic carbocycles. The van der Waals surface area contributed by atoms with Gasteiger partial charge in [0.1, 0.15) is 0 Å². The highest BCUT2D eigenvalue weighted by Crippen LogP contribution is 2.50. The van der Waals surface area contributed by atoms with Gasteiger partial charge in [0.05, 0.1) is 6.20 Å². The zero-order valence-electron chi connectivity index (χ0n) is 12.0. The molecule has 3 heteroatoms. The molecule has 0 radical (unpaired) electrons. The second-order valence-corrected chi connectivity index (χ2v) is 6.27. The predicted molar refractivity (Wildman–Crippen MR) is 75.2 cm³/mol. The molecule has 2 N–H and O–H groups in total. The van der Waals surface area contributed by atoms with E-state index in [9.17, 15) is 0 Å². The smallest absolute Gasteiger partial charge is 0.0537 e. The van der Waals surface area contributed by atoms with Gasteiger partial charge in [-0.3, -0.25) is 4.68 Å². The molecule has 1 aromatic rings. The van der Waals surface area contributed by atoms with E-state index in [0.29, 0.717) is 5.41 Å². The quantitative estimate of drug-likeness (QED) is 0.868. The van der Waals surface area contributed by atoms with E-state index >= 15 is 0 Å². The zero-order chi connectivity index (χ0) is 13.2. The predicted octanol–water partition coefficient (Wildman–Crippen LogP) is 3.51. The Morgan fingerprint density at radius 2 is 2.06 bits per heavy atom. The Morgan fingerprint density at radius 1 is 1.39 bits per heavy atom. The minimum atomic E-state index is 0.155. The van der Waals surface area contributed by atoms with Gasteiger partial charge >= 0.3 is 0 Å². The molecular weight excluding hydrogens is 222 g/mol. The highest BCUT2D eigenvalue weighted by atomic mass is 15.3. The Kier molecular flexibility index (Phi) is 4.10. The van der Waals surface area contributed by atoms with Crippen LogP contribution in [0.5, 0.6) is 0 Å². The van der Waals surface area contributed by atoms with Gasteiger partial charge in [-0.1, -0.05) is 26.7 Å². The first-order valence-electron chi connectivity index (χ1n) is 7.35. The van der Waals surface area contributed by atoms with Gasteiger partial charge in [-0.15, -0.1) is 0 Å². The van der Waals surface area contributed by atoms with Crippen molar-refractivity contribution < 1.29 is 0 Å². The minimum absolute atomic E-state index is 0.155. The van der Waals surface area contributed by atoms with Gasteiger partial charge in [0.2, 0.25) is 0 Å². The van der Waals surface area contributed by atoms with E-state index in [0.717, 1.165) is 12.5 Å². The fraction of sp³-hybridized carbons (Fsp3) is 0.800. The zero-order valence-corrected chi connectivity index (χ0v) is 12.0. The lowest BCUT2D eigenvalue weighted by Crippen LogP contribution is -2.33. The Hall–Kier alpha value is -0.830. The Balaban J connectivity index is 2.19. The maximum Gasteiger partial charge on any atom is 0.0537 e. The van der Waals surface area contributed by atoms with Crippen molar-refractivity contribution in [2.45, 2.75) is 65.5 Å². The lowest BCUT2D eigenvalue weighted by molar-refractivity contribution is 0.183. The summed E-state index contributed by atoms with van der Waals surface area (Å²) in [4.78, 5) is 0. The van der Waals surface area contributed by atoms with E-state index in [1.54, 1.807) is 0 Å². The van der Waals surface area contributed by atoms with Crippen LogP contribution in [0.15, 0.2) is 12.4 Å². The second-order valence-electron chi connectivity index (χ2n) is 6.27. The van der Waals surface area contributed by atoms with Crippen molar-refractivity contribution in [3.8, 4) is 0 Å². The number of hydrogen-bond donors (Lipinski definition) is 1. The average Bonchev–Trinajstić information content (AvgIpc) is 2.96. The fourth-order valence-electron chi connectivity index (χ4n) is 3.60. The van der Waals surface area contributed by atoms with Crippen LogP contribution in [0.25, 0.3) is 0 Å². The summed E-state index contributed by atoms with van der Waals surface area (Å²) < 4.78 is 1.98. The number of aryl methyl sites for hydroxylation is 1. The van der Waals surface area contributed by atoms with Gasteiger partial charge in [-0.05, 0) is 37.5 Å². The largest absolute Gasteiger partial charge is 0.323 e. The molecule has 1 heterocycles. The van der Waals surface area contributed by atoms with E-state index in [1.165, 1.54) is 37.7 Å². The lowest BCUT2D eigenvalue weighted by Gasteiger charge is -2.36. The number of nitrogens with two attached hydrogens (primary N) is 1. The van der Waals surface area contributed by atoms with Gasteiger partial charge in [-0.25, -0.2) is 0 Å². The summed E-state index contributed by atoms with van der Waals surface area (Å²) in [6, 6.07) is 0.155. The van der Waals surface area contributed by atoms with E-state index < -0.39 is 0 Å². The summed E-state index contributed by atoms with van der Waals surface area (Å²) in [6.45, 7) is 7.65. The van der Waals surface area contributed by atoms with Crippen LogP contribution >= 0.6 is 0 Å². The third kappa shape index (κ3) is 2.61. The SMILES string of the molecule is CCn1cc(C(N)C2(CC(C)C)CCCC2)cn1. The maximum atomic E-state index is 6.60. The van der Waals surface area contributed by atoms with Crippen LogP contribution in [-0.2, 0) is 6.54 Å². The molecule has 1 atom stereocenters. The molecule has 1 unspecified atom stereocenters. The van der Waals surface area contributed by atoms with Crippen LogP contribution in [-0.4, -0.2) is 9.78 Å². The summed E-state index contributed by atoms with van der Waals surface area (Å²) in [6.07, 6.45) is 10.6. The summed E-state index contributed by atoms with van der Waals surface area (Å²) in [7, 11) is 0. The molecule has 2 rings (SSSR count). The van der Waals surface area contributed by atoms with Crippen molar-refractivity contribution in [3.63, 3.8) is 0 Å². The first-order chi connectivity index (χ1) is 8.57. The fourth-order valence-corrected chi connectivity index (χ4v) is 3.60. The number of aromatic nitrogens is 2. The second kappa shape index (κ2) is 5.43. The standard InChI is InChI=1S/C15H27N3/c1-4-18-11-13(10-17-18)14(16)15(9-12(2)3)7-5-6-8-15/h10-12,14H,4-9,16H2,1-3H3. The highest BCUT2D eigenvalue weighted by molar-refractivity contribution is 5.15. The average molecular weight is 249 g/mol. The van der Waals surface area contributed by atoms with E-state index in [4.69, 9.17) is 5.73 Å². The van der Waals surface area contributed by atoms with Gasteiger partial charge < -0.3 is 5.73 Å². The molecule has 18 heavy (non-hydrogen) atoms. The van der Waals surface area contributed by atoms with Crippen molar-refractivity contribution in [1.82, 2.24) is 9.78 Å². The Morgan fingerprint density at radius 3 is 2.56 bits per heavy atom. The molecule has 0 spiro atoms. The molecule has 102 valence electrons. The minimum Gasteiger partial charge on any atom is -0.323 e. The van der Waals surface area contributed by atoms with Crippen molar-refractivity contribution in [3.05, 3.63) is 18.0 Å². The van der Waals surface area contributed by atoms with Crippen molar-refractivity contribution >= 4 is 0 Å². The van der Waals surface area contributed by atoms with Crippen LogP contribution < -0.4 is 5.73 Å². The van der Waals surface area contributed by atoms with Gasteiger partial charge in [0, 0.05) is 24.3 Å². The molecule has 0 amide bonds. The molecule has 0 aromatic carbocycles. The van der Waals surface area contributed by atoms with Crippen molar-refractivity contribution in [1.29, 1.82) is 0 Å². The molecule has 0 saturated heterocycles. The van der Waals surface area contributed by atoms with Crippen LogP contribution in [0.1, 0.15) is 64.5 Å². The summed E-state index contributed by atoms with van der Waals surface area (Å²) >= 11 is 0. The molecular formula is C15H27N3. The lowest BCUT2D eigenvalue weighted by atomic mass is 9.71. The monoisotopic (exact) mass is 249 g/mol. The normalized spacial score (nSPS) is 20.5.